The van der Waals surface area contributed by atoms with E-state index in [2.05, 4.69) is 36.2 Å². The van der Waals surface area contributed by atoms with Crippen LogP contribution in [0, 0.1) is 6.92 Å². The first-order chi connectivity index (χ1) is 9.10. The summed E-state index contributed by atoms with van der Waals surface area (Å²) >= 11 is 0. The lowest BCUT2D eigenvalue weighted by Crippen LogP contribution is -2.19. The lowest BCUT2D eigenvalue weighted by atomic mass is 10.1. The van der Waals surface area contributed by atoms with Gasteiger partial charge in [-0.25, -0.2) is 0 Å². The van der Waals surface area contributed by atoms with E-state index in [0.29, 0.717) is 11.6 Å². The summed E-state index contributed by atoms with van der Waals surface area (Å²) in [5.74, 6) is 1.31. The van der Waals surface area contributed by atoms with Crippen LogP contribution in [0.2, 0.25) is 0 Å². The summed E-state index contributed by atoms with van der Waals surface area (Å²) < 4.78 is 5.14. The molecule has 0 saturated carbocycles. The molecule has 0 aliphatic rings. The van der Waals surface area contributed by atoms with E-state index in [4.69, 9.17) is 10.5 Å². The number of rotatable bonds is 4. The average Bonchev–Trinajstić information content (AvgIpc) is 2.39. The van der Waals surface area contributed by atoms with E-state index in [1.165, 1.54) is 11.1 Å². The van der Waals surface area contributed by atoms with Crippen LogP contribution in [0.1, 0.15) is 11.1 Å². The molecular weight excluding hydrogens is 238 g/mol. The molecule has 0 spiro atoms. The maximum Gasteiger partial charge on any atom is 0.215 e. The van der Waals surface area contributed by atoms with Crippen molar-refractivity contribution in [3.63, 3.8) is 0 Å². The molecule has 19 heavy (non-hydrogen) atoms. The van der Waals surface area contributed by atoms with Gasteiger partial charge in [-0.15, -0.1) is 0 Å². The highest BCUT2D eigenvalue weighted by atomic mass is 16.5. The lowest BCUT2D eigenvalue weighted by molar-refractivity contribution is 0.398. The summed E-state index contributed by atoms with van der Waals surface area (Å²) in [7, 11) is 3.57. The van der Waals surface area contributed by atoms with Gasteiger partial charge in [-0.2, -0.15) is 4.98 Å². The van der Waals surface area contributed by atoms with Gasteiger partial charge in [0.25, 0.3) is 0 Å². The van der Waals surface area contributed by atoms with Crippen molar-refractivity contribution in [3.05, 3.63) is 47.5 Å². The highest BCUT2D eigenvalue weighted by Gasteiger charge is 2.09. The number of benzene rings is 1. The first-order valence-corrected chi connectivity index (χ1v) is 6.17. The van der Waals surface area contributed by atoms with Crippen molar-refractivity contribution in [1.82, 2.24) is 4.98 Å². The summed E-state index contributed by atoms with van der Waals surface area (Å²) in [5.41, 5.74) is 9.09. The molecule has 0 bridgehead atoms. The molecule has 0 amide bonds. The number of pyridine rings is 1. The number of aromatic nitrogens is 1. The molecule has 4 nitrogen and oxygen atoms in total. The van der Waals surface area contributed by atoms with Crippen molar-refractivity contribution in [2.45, 2.75) is 13.5 Å². The SMILES string of the molecule is COc1ccc(N)c(N(C)Cc2cccc(C)c2)n1. The third kappa shape index (κ3) is 3.16. The molecule has 1 aromatic heterocycles. The topological polar surface area (TPSA) is 51.4 Å². The number of ether oxygens (including phenoxy) is 1. The zero-order valence-corrected chi connectivity index (χ0v) is 11.6. The minimum absolute atomic E-state index is 0.570. The Morgan fingerprint density at radius 2 is 2.05 bits per heavy atom. The molecule has 1 aromatic carbocycles. The van der Waals surface area contributed by atoms with Gasteiger partial charge in [-0.1, -0.05) is 29.8 Å². The monoisotopic (exact) mass is 257 g/mol. The summed E-state index contributed by atoms with van der Waals surface area (Å²) in [4.78, 5) is 6.41. The van der Waals surface area contributed by atoms with Crippen LogP contribution in [-0.2, 0) is 6.54 Å². The van der Waals surface area contributed by atoms with Gasteiger partial charge in [0, 0.05) is 19.7 Å². The van der Waals surface area contributed by atoms with Crippen LogP contribution in [0.3, 0.4) is 0 Å². The van der Waals surface area contributed by atoms with Gasteiger partial charge < -0.3 is 15.4 Å². The van der Waals surface area contributed by atoms with E-state index in [0.717, 1.165) is 12.4 Å². The maximum absolute atomic E-state index is 5.97. The van der Waals surface area contributed by atoms with Crippen LogP contribution in [0.15, 0.2) is 36.4 Å². The number of anilines is 2. The summed E-state index contributed by atoms with van der Waals surface area (Å²) in [6.07, 6.45) is 0. The number of methoxy groups -OCH3 is 1. The van der Waals surface area contributed by atoms with Crippen molar-refractivity contribution < 1.29 is 4.74 Å². The lowest BCUT2D eigenvalue weighted by Gasteiger charge is -2.20. The Morgan fingerprint density at radius 3 is 2.74 bits per heavy atom. The van der Waals surface area contributed by atoms with Gasteiger partial charge in [0.2, 0.25) is 5.88 Å². The van der Waals surface area contributed by atoms with Gasteiger partial charge in [-0.3, -0.25) is 0 Å². The largest absolute Gasteiger partial charge is 0.481 e. The van der Waals surface area contributed by atoms with Crippen LogP contribution >= 0.6 is 0 Å². The molecule has 2 aromatic rings. The molecular formula is C15H19N3O. The van der Waals surface area contributed by atoms with E-state index >= 15 is 0 Å². The van der Waals surface area contributed by atoms with E-state index in [-0.39, 0.29) is 0 Å². The van der Waals surface area contributed by atoms with Gasteiger partial charge in [0.15, 0.2) is 5.82 Å². The van der Waals surface area contributed by atoms with Crippen molar-refractivity contribution in [1.29, 1.82) is 0 Å². The van der Waals surface area contributed by atoms with Crippen molar-refractivity contribution in [2.24, 2.45) is 0 Å². The average molecular weight is 257 g/mol. The Labute approximate surface area is 113 Å². The Hall–Kier alpha value is -2.23. The summed E-state index contributed by atoms with van der Waals surface area (Å²) in [6, 6.07) is 12.0. The number of nitrogens with zero attached hydrogens (tertiary/aromatic N) is 2. The fraction of sp³-hybridized carbons (Fsp3) is 0.267. The van der Waals surface area contributed by atoms with Gasteiger partial charge in [0.1, 0.15) is 0 Å². The van der Waals surface area contributed by atoms with Gasteiger partial charge >= 0.3 is 0 Å². The van der Waals surface area contributed by atoms with Gasteiger partial charge in [-0.05, 0) is 18.6 Å². The molecule has 0 aliphatic heterocycles. The fourth-order valence-electron chi connectivity index (χ4n) is 2.02. The number of nitrogen functional groups attached to an aromatic ring is 1. The Bertz CT molecular complexity index is 569. The molecule has 0 aliphatic carbocycles. The summed E-state index contributed by atoms with van der Waals surface area (Å²) in [6.45, 7) is 2.84. The molecule has 0 saturated heterocycles. The standard InChI is InChI=1S/C15H19N3O/c1-11-5-4-6-12(9-11)10-18(2)15-13(16)7-8-14(17-15)19-3/h4-9H,10,16H2,1-3H3. The Morgan fingerprint density at radius 1 is 1.26 bits per heavy atom. The van der Waals surface area contributed by atoms with Crippen LogP contribution in [0.5, 0.6) is 5.88 Å². The zero-order valence-electron chi connectivity index (χ0n) is 11.6. The maximum atomic E-state index is 5.97. The molecule has 2 rings (SSSR count). The van der Waals surface area contributed by atoms with Crippen LogP contribution in [0.4, 0.5) is 11.5 Å². The van der Waals surface area contributed by atoms with Crippen molar-refractivity contribution >= 4 is 11.5 Å². The molecule has 0 fully saturated rings. The van der Waals surface area contributed by atoms with E-state index in [1.807, 2.05) is 18.0 Å². The molecule has 4 heteroatoms. The molecule has 1 heterocycles. The Balaban J connectivity index is 2.22. The molecule has 0 atom stereocenters. The third-order valence-electron chi connectivity index (χ3n) is 2.95. The second-order valence-corrected chi connectivity index (χ2v) is 4.61. The van der Waals surface area contributed by atoms with E-state index in [9.17, 15) is 0 Å². The van der Waals surface area contributed by atoms with E-state index < -0.39 is 0 Å². The number of hydrogen-bond donors (Lipinski definition) is 1. The predicted molar refractivity (Wildman–Crippen MR) is 78.5 cm³/mol. The highest BCUT2D eigenvalue weighted by molar-refractivity contribution is 5.63. The Kier molecular flexibility index (Phi) is 3.90. The molecule has 0 unspecified atom stereocenters. The van der Waals surface area contributed by atoms with Crippen LogP contribution in [-0.4, -0.2) is 19.1 Å². The van der Waals surface area contributed by atoms with Crippen molar-refractivity contribution in [3.8, 4) is 5.88 Å². The first-order valence-electron chi connectivity index (χ1n) is 6.17. The minimum Gasteiger partial charge on any atom is -0.481 e. The molecule has 2 N–H and O–H groups in total. The predicted octanol–water partition coefficient (Wildman–Crippen LogP) is 2.62. The first kappa shape index (κ1) is 13.2. The number of aryl methyl sites for hydroxylation is 1. The summed E-state index contributed by atoms with van der Waals surface area (Å²) in [5, 5.41) is 0. The quantitative estimate of drug-likeness (QED) is 0.914. The third-order valence-corrected chi connectivity index (χ3v) is 2.95. The molecule has 100 valence electrons. The number of nitrogens with two attached hydrogens (primary N) is 1. The minimum atomic E-state index is 0.570. The van der Waals surface area contributed by atoms with Crippen LogP contribution in [0.25, 0.3) is 0 Å². The van der Waals surface area contributed by atoms with Gasteiger partial charge in [0.05, 0.1) is 12.8 Å². The van der Waals surface area contributed by atoms with Crippen LogP contribution < -0.4 is 15.4 Å². The second kappa shape index (κ2) is 5.61. The van der Waals surface area contributed by atoms with Crippen molar-refractivity contribution in [2.75, 3.05) is 24.8 Å². The number of hydrogen-bond acceptors (Lipinski definition) is 4. The normalized spacial score (nSPS) is 10.3. The molecule has 0 radical (unpaired) electrons. The fourth-order valence-corrected chi connectivity index (χ4v) is 2.02. The second-order valence-electron chi connectivity index (χ2n) is 4.61. The van der Waals surface area contributed by atoms with E-state index in [1.54, 1.807) is 13.2 Å². The smallest absolute Gasteiger partial charge is 0.215 e. The zero-order chi connectivity index (χ0) is 13.8. The highest BCUT2D eigenvalue weighted by Crippen LogP contribution is 2.24.